The highest BCUT2D eigenvalue weighted by Gasteiger charge is 2.11. The number of carbonyl (C=O) groups excluding carboxylic acids is 1. The fraction of sp³-hybridized carbons (Fsp3) is 0.875. The van der Waals surface area contributed by atoms with Gasteiger partial charge < -0.3 is 21.1 Å². The van der Waals surface area contributed by atoms with Crippen LogP contribution in [0.4, 0.5) is 4.79 Å². The molecule has 0 aromatic rings. The van der Waals surface area contributed by atoms with Gasteiger partial charge in [-0.05, 0) is 25.9 Å². The Labute approximate surface area is 79.0 Å². The summed E-state index contributed by atoms with van der Waals surface area (Å²) in [6.45, 7) is 2.44. The van der Waals surface area contributed by atoms with Crippen molar-refractivity contribution in [2.24, 2.45) is 11.5 Å². The van der Waals surface area contributed by atoms with Gasteiger partial charge in [0.05, 0.1) is 7.11 Å². The minimum Gasteiger partial charge on any atom is -0.453 e. The van der Waals surface area contributed by atoms with Crippen LogP contribution in [-0.2, 0) is 4.74 Å². The minimum atomic E-state index is -0.304. The van der Waals surface area contributed by atoms with E-state index >= 15 is 0 Å². The van der Waals surface area contributed by atoms with Crippen LogP contribution in [0.1, 0.15) is 12.8 Å². The maximum absolute atomic E-state index is 11.1. The SMILES string of the molecule is COC(=O)N(CCCN)CCCN. The Morgan fingerprint density at radius 1 is 1.23 bits per heavy atom. The molecule has 5 heteroatoms. The predicted octanol–water partition coefficient (Wildman–Crippen LogP) is -0.248. The summed E-state index contributed by atoms with van der Waals surface area (Å²) in [5.41, 5.74) is 10.7. The maximum atomic E-state index is 11.1. The Kier molecular flexibility index (Phi) is 7.33. The molecule has 4 N–H and O–H groups in total. The molecule has 1 amide bonds. The van der Waals surface area contributed by atoms with E-state index in [0.29, 0.717) is 26.2 Å². The highest BCUT2D eigenvalue weighted by Crippen LogP contribution is 1.96. The lowest BCUT2D eigenvalue weighted by Crippen LogP contribution is -2.34. The molecule has 0 aromatic carbocycles. The van der Waals surface area contributed by atoms with Crippen molar-refractivity contribution in [2.45, 2.75) is 12.8 Å². The van der Waals surface area contributed by atoms with Crippen LogP contribution < -0.4 is 11.5 Å². The van der Waals surface area contributed by atoms with E-state index in [-0.39, 0.29) is 6.09 Å². The lowest BCUT2D eigenvalue weighted by atomic mass is 10.3. The summed E-state index contributed by atoms with van der Waals surface area (Å²) in [6.07, 6.45) is 1.28. The molecule has 78 valence electrons. The molecule has 0 aliphatic rings. The Hall–Kier alpha value is -0.810. The molecule has 5 nitrogen and oxygen atoms in total. The van der Waals surface area contributed by atoms with Gasteiger partial charge in [-0.25, -0.2) is 4.79 Å². The lowest BCUT2D eigenvalue weighted by molar-refractivity contribution is 0.123. The van der Waals surface area contributed by atoms with Crippen LogP contribution in [0.3, 0.4) is 0 Å². The van der Waals surface area contributed by atoms with E-state index in [1.165, 1.54) is 7.11 Å². The van der Waals surface area contributed by atoms with Gasteiger partial charge in [-0.2, -0.15) is 0 Å². The van der Waals surface area contributed by atoms with Crippen LogP contribution in [0.15, 0.2) is 0 Å². The number of nitrogens with zero attached hydrogens (tertiary/aromatic N) is 1. The van der Waals surface area contributed by atoms with Crippen LogP contribution in [0, 0.1) is 0 Å². The van der Waals surface area contributed by atoms with Crippen molar-refractivity contribution in [1.29, 1.82) is 0 Å². The Morgan fingerprint density at radius 3 is 2.00 bits per heavy atom. The number of hydrogen-bond donors (Lipinski definition) is 2. The summed E-state index contributed by atoms with van der Waals surface area (Å²) in [5.74, 6) is 0. The average molecular weight is 189 g/mol. The summed E-state index contributed by atoms with van der Waals surface area (Å²) in [4.78, 5) is 12.8. The van der Waals surface area contributed by atoms with E-state index in [2.05, 4.69) is 4.74 Å². The third-order valence-corrected chi connectivity index (χ3v) is 1.70. The van der Waals surface area contributed by atoms with E-state index in [9.17, 15) is 4.79 Å². The van der Waals surface area contributed by atoms with Crippen molar-refractivity contribution in [3.63, 3.8) is 0 Å². The highest BCUT2D eigenvalue weighted by molar-refractivity contribution is 5.67. The quantitative estimate of drug-likeness (QED) is 0.604. The molecule has 0 saturated carbocycles. The van der Waals surface area contributed by atoms with Gasteiger partial charge in [-0.3, -0.25) is 0 Å². The number of carbonyl (C=O) groups is 1. The second-order valence-corrected chi connectivity index (χ2v) is 2.74. The molecule has 0 aromatic heterocycles. The Balaban J connectivity index is 3.79. The molecule has 0 atom stereocenters. The van der Waals surface area contributed by atoms with Gasteiger partial charge >= 0.3 is 6.09 Å². The van der Waals surface area contributed by atoms with Crippen molar-refractivity contribution < 1.29 is 9.53 Å². The second-order valence-electron chi connectivity index (χ2n) is 2.74. The second kappa shape index (κ2) is 7.82. The van der Waals surface area contributed by atoms with Gasteiger partial charge in [0.15, 0.2) is 0 Å². The van der Waals surface area contributed by atoms with Crippen molar-refractivity contribution in [2.75, 3.05) is 33.3 Å². The monoisotopic (exact) mass is 189 g/mol. The first kappa shape index (κ1) is 12.2. The van der Waals surface area contributed by atoms with E-state index in [1.807, 2.05) is 0 Å². The lowest BCUT2D eigenvalue weighted by Gasteiger charge is -2.20. The summed E-state index contributed by atoms with van der Waals surface area (Å²) in [5, 5.41) is 0. The predicted molar refractivity (Wildman–Crippen MR) is 51.3 cm³/mol. The highest BCUT2D eigenvalue weighted by atomic mass is 16.5. The van der Waals surface area contributed by atoms with Gasteiger partial charge in [0.1, 0.15) is 0 Å². The molecular weight excluding hydrogens is 170 g/mol. The van der Waals surface area contributed by atoms with Gasteiger partial charge in [0.2, 0.25) is 0 Å². The van der Waals surface area contributed by atoms with Crippen molar-refractivity contribution in [1.82, 2.24) is 4.90 Å². The Bertz CT molecular complexity index is 133. The van der Waals surface area contributed by atoms with E-state index in [4.69, 9.17) is 11.5 Å². The number of methoxy groups -OCH3 is 1. The first-order valence-electron chi connectivity index (χ1n) is 4.49. The summed E-state index contributed by atoms with van der Waals surface area (Å²) < 4.78 is 4.61. The van der Waals surface area contributed by atoms with Crippen molar-refractivity contribution >= 4 is 6.09 Å². The molecular formula is C8H19N3O2. The zero-order chi connectivity index (χ0) is 10.1. The van der Waals surface area contributed by atoms with Gasteiger partial charge in [0.25, 0.3) is 0 Å². The zero-order valence-corrected chi connectivity index (χ0v) is 8.16. The van der Waals surface area contributed by atoms with Crippen LogP contribution >= 0.6 is 0 Å². The van der Waals surface area contributed by atoms with E-state index in [0.717, 1.165) is 12.8 Å². The van der Waals surface area contributed by atoms with E-state index < -0.39 is 0 Å². The third-order valence-electron chi connectivity index (χ3n) is 1.70. The molecule has 0 spiro atoms. The smallest absolute Gasteiger partial charge is 0.409 e. The number of amides is 1. The minimum absolute atomic E-state index is 0.304. The van der Waals surface area contributed by atoms with E-state index in [1.54, 1.807) is 4.90 Å². The molecule has 0 fully saturated rings. The topological polar surface area (TPSA) is 81.6 Å². The Morgan fingerprint density at radius 2 is 1.69 bits per heavy atom. The molecule has 0 bridgehead atoms. The maximum Gasteiger partial charge on any atom is 0.409 e. The van der Waals surface area contributed by atoms with Crippen molar-refractivity contribution in [3.8, 4) is 0 Å². The normalized spacial score (nSPS) is 9.77. The summed E-state index contributed by atoms with van der Waals surface area (Å²) in [7, 11) is 1.38. The van der Waals surface area contributed by atoms with Crippen LogP contribution in [0.2, 0.25) is 0 Å². The summed E-state index contributed by atoms with van der Waals surface area (Å²) in [6, 6.07) is 0. The molecule has 0 radical (unpaired) electrons. The summed E-state index contributed by atoms with van der Waals surface area (Å²) >= 11 is 0. The number of ether oxygens (including phenoxy) is 1. The van der Waals surface area contributed by atoms with Crippen molar-refractivity contribution in [3.05, 3.63) is 0 Å². The molecule has 0 aliphatic heterocycles. The van der Waals surface area contributed by atoms with Gasteiger partial charge in [0, 0.05) is 13.1 Å². The first-order chi connectivity index (χ1) is 6.26. The molecule has 13 heavy (non-hydrogen) atoms. The fourth-order valence-electron chi connectivity index (χ4n) is 0.988. The largest absolute Gasteiger partial charge is 0.453 e. The number of rotatable bonds is 6. The number of hydrogen-bond acceptors (Lipinski definition) is 4. The molecule has 0 saturated heterocycles. The third kappa shape index (κ3) is 5.43. The zero-order valence-electron chi connectivity index (χ0n) is 8.16. The molecule has 0 aliphatic carbocycles. The average Bonchev–Trinajstić information content (AvgIpc) is 2.17. The van der Waals surface area contributed by atoms with Gasteiger partial charge in [-0.1, -0.05) is 0 Å². The molecule has 0 rings (SSSR count). The molecule has 0 unspecified atom stereocenters. The van der Waals surface area contributed by atoms with Gasteiger partial charge in [-0.15, -0.1) is 0 Å². The number of nitrogens with two attached hydrogens (primary N) is 2. The fourth-order valence-corrected chi connectivity index (χ4v) is 0.988. The first-order valence-corrected chi connectivity index (χ1v) is 4.49. The van der Waals surface area contributed by atoms with Crippen LogP contribution in [-0.4, -0.2) is 44.3 Å². The van der Waals surface area contributed by atoms with Crippen LogP contribution in [0.5, 0.6) is 0 Å². The van der Waals surface area contributed by atoms with Crippen LogP contribution in [0.25, 0.3) is 0 Å². The standard InChI is InChI=1S/C8H19N3O2/c1-13-8(12)11(6-2-4-9)7-3-5-10/h2-7,9-10H2,1H3. The molecule has 0 heterocycles.